The van der Waals surface area contributed by atoms with E-state index in [0.717, 1.165) is 0 Å². The summed E-state index contributed by atoms with van der Waals surface area (Å²) in [6.07, 6.45) is 0. The summed E-state index contributed by atoms with van der Waals surface area (Å²) in [6.45, 7) is 3.98. The smallest absolute Gasteiger partial charge is 0.278 e. The van der Waals surface area contributed by atoms with Gasteiger partial charge >= 0.3 is 0 Å². The highest BCUT2D eigenvalue weighted by Gasteiger charge is 2.12. The Morgan fingerprint density at radius 3 is 2.60 bits per heavy atom. The average Bonchev–Trinajstić information content (AvgIpc) is 2.68. The first-order chi connectivity index (χ1) is 7.16. The van der Waals surface area contributed by atoms with Crippen LogP contribution < -0.4 is 0 Å². The number of hydrogen-bond donors (Lipinski definition) is 0. The fourth-order valence-electron chi connectivity index (χ4n) is 1.00. The Bertz CT molecular complexity index is 451. The van der Waals surface area contributed by atoms with Gasteiger partial charge in [-0.05, 0) is 12.1 Å². The van der Waals surface area contributed by atoms with Crippen molar-refractivity contribution in [2.45, 2.75) is 19.8 Å². The fraction of sp³-hybridized carbons (Fsp3) is 0.333. The maximum atomic E-state index is 5.61. The van der Waals surface area contributed by atoms with E-state index in [9.17, 15) is 0 Å². The van der Waals surface area contributed by atoms with Gasteiger partial charge in [-0.25, -0.2) is 0 Å². The lowest BCUT2D eigenvalue weighted by atomic mass is 10.2. The number of aromatic nitrogens is 4. The zero-order chi connectivity index (χ0) is 10.8. The second-order valence-electron chi connectivity index (χ2n) is 3.35. The van der Waals surface area contributed by atoms with Gasteiger partial charge in [-0.3, -0.25) is 0 Å². The molecule has 2 heterocycles. The molecule has 0 spiro atoms. The van der Waals surface area contributed by atoms with Crippen molar-refractivity contribution < 1.29 is 4.52 Å². The molecule has 6 heteroatoms. The van der Waals surface area contributed by atoms with Gasteiger partial charge in [-0.15, -0.1) is 10.2 Å². The molecule has 0 unspecified atom stereocenters. The van der Waals surface area contributed by atoms with Crippen LogP contribution in [0, 0.1) is 0 Å². The van der Waals surface area contributed by atoms with Crippen LogP contribution in [0.1, 0.15) is 25.6 Å². The second kappa shape index (κ2) is 3.94. The van der Waals surface area contributed by atoms with Gasteiger partial charge < -0.3 is 4.52 Å². The minimum atomic E-state index is 0.225. The van der Waals surface area contributed by atoms with Gasteiger partial charge in [0.25, 0.3) is 5.89 Å². The highest BCUT2D eigenvalue weighted by molar-refractivity contribution is 6.29. The maximum Gasteiger partial charge on any atom is 0.278 e. The molecular weight excluding hydrogens is 216 g/mol. The van der Waals surface area contributed by atoms with Crippen molar-refractivity contribution in [3.05, 3.63) is 23.1 Å². The summed E-state index contributed by atoms with van der Waals surface area (Å²) in [7, 11) is 0. The van der Waals surface area contributed by atoms with Crippen LogP contribution in [0.15, 0.2) is 16.7 Å². The molecule has 0 aromatic carbocycles. The van der Waals surface area contributed by atoms with E-state index < -0.39 is 0 Å². The molecule has 78 valence electrons. The van der Waals surface area contributed by atoms with Gasteiger partial charge in [-0.1, -0.05) is 30.6 Å². The summed E-state index contributed by atoms with van der Waals surface area (Å²) in [5, 5.41) is 11.7. The molecule has 2 aromatic rings. The topological polar surface area (TPSA) is 64.7 Å². The van der Waals surface area contributed by atoms with E-state index in [2.05, 4.69) is 20.3 Å². The Hall–Kier alpha value is -1.49. The van der Waals surface area contributed by atoms with Crippen LogP contribution in [-0.2, 0) is 0 Å². The molecule has 0 atom stereocenters. The third-order valence-electron chi connectivity index (χ3n) is 1.81. The molecule has 2 rings (SSSR count). The van der Waals surface area contributed by atoms with Crippen molar-refractivity contribution in [2.24, 2.45) is 0 Å². The van der Waals surface area contributed by atoms with Crippen LogP contribution in [0.2, 0.25) is 5.15 Å². The molecule has 0 saturated heterocycles. The molecular formula is C9H9ClN4O. The number of nitrogens with zero attached hydrogens (tertiary/aromatic N) is 4. The molecule has 15 heavy (non-hydrogen) atoms. The summed E-state index contributed by atoms with van der Waals surface area (Å²) >= 11 is 5.61. The van der Waals surface area contributed by atoms with E-state index in [4.69, 9.17) is 16.1 Å². The van der Waals surface area contributed by atoms with Crippen LogP contribution in [0.25, 0.3) is 11.6 Å². The molecule has 0 bridgehead atoms. The summed E-state index contributed by atoms with van der Waals surface area (Å²) in [4.78, 5) is 4.19. The van der Waals surface area contributed by atoms with Crippen LogP contribution in [-0.4, -0.2) is 20.3 Å². The SMILES string of the molecule is CC(C)c1noc(-c2ccc(Cl)nn2)n1. The summed E-state index contributed by atoms with van der Waals surface area (Å²) in [5.74, 6) is 1.24. The third kappa shape index (κ3) is 2.12. The van der Waals surface area contributed by atoms with Crippen molar-refractivity contribution in [1.29, 1.82) is 0 Å². The van der Waals surface area contributed by atoms with Crippen molar-refractivity contribution >= 4 is 11.6 Å². The van der Waals surface area contributed by atoms with Gasteiger partial charge in [0.05, 0.1) is 0 Å². The van der Waals surface area contributed by atoms with Gasteiger partial charge in [0.15, 0.2) is 16.7 Å². The quantitative estimate of drug-likeness (QED) is 0.783. The van der Waals surface area contributed by atoms with Gasteiger partial charge in [0.2, 0.25) is 0 Å². The Balaban J connectivity index is 2.33. The first kappa shape index (κ1) is 10.0. The molecule has 2 aromatic heterocycles. The van der Waals surface area contributed by atoms with Crippen LogP contribution in [0.5, 0.6) is 0 Å². The predicted octanol–water partition coefficient (Wildman–Crippen LogP) is 2.30. The number of rotatable bonds is 2. The van der Waals surface area contributed by atoms with E-state index in [1.54, 1.807) is 12.1 Å². The fourth-order valence-corrected chi connectivity index (χ4v) is 1.10. The Morgan fingerprint density at radius 2 is 2.07 bits per heavy atom. The Kier molecular flexibility index (Phi) is 2.64. The first-order valence-corrected chi connectivity index (χ1v) is 4.88. The minimum absolute atomic E-state index is 0.225. The van der Waals surface area contributed by atoms with Gasteiger partial charge in [0, 0.05) is 5.92 Å². The Morgan fingerprint density at radius 1 is 1.27 bits per heavy atom. The lowest BCUT2D eigenvalue weighted by Gasteiger charge is -1.92. The van der Waals surface area contributed by atoms with Crippen LogP contribution in [0.3, 0.4) is 0 Å². The molecule has 0 saturated carbocycles. The van der Waals surface area contributed by atoms with E-state index in [-0.39, 0.29) is 5.92 Å². The summed E-state index contributed by atoms with van der Waals surface area (Å²) in [5.41, 5.74) is 0.527. The van der Waals surface area contributed by atoms with E-state index in [1.807, 2.05) is 13.8 Å². The molecule has 0 fully saturated rings. The maximum absolute atomic E-state index is 5.61. The highest BCUT2D eigenvalue weighted by atomic mass is 35.5. The van der Waals surface area contributed by atoms with Crippen molar-refractivity contribution in [3.8, 4) is 11.6 Å². The van der Waals surface area contributed by atoms with Crippen LogP contribution in [0.4, 0.5) is 0 Å². The van der Waals surface area contributed by atoms with E-state index >= 15 is 0 Å². The summed E-state index contributed by atoms with van der Waals surface area (Å²) < 4.78 is 5.05. The van der Waals surface area contributed by atoms with E-state index in [0.29, 0.717) is 22.6 Å². The average molecular weight is 225 g/mol. The van der Waals surface area contributed by atoms with Crippen LogP contribution >= 0.6 is 11.6 Å². The first-order valence-electron chi connectivity index (χ1n) is 4.50. The standard InChI is InChI=1S/C9H9ClN4O/c1-5(2)8-11-9(15-14-8)6-3-4-7(10)13-12-6/h3-5H,1-2H3. The minimum Gasteiger partial charge on any atom is -0.332 e. The summed E-state index contributed by atoms with van der Waals surface area (Å²) in [6, 6.07) is 3.32. The largest absolute Gasteiger partial charge is 0.332 e. The lowest BCUT2D eigenvalue weighted by Crippen LogP contribution is -1.91. The molecule has 0 radical (unpaired) electrons. The second-order valence-corrected chi connectivity index (χ2v) is 3.74. The highest BCUT2D eigenvalue weighted by Crippen LogP contribution is 2.17. The van der Waals surface area contributed by atoms with Gasteiger partial charge in [-0.2, -0.15) is 4.98 Å². The van der Waals surface area contributed by atoms with Gasteiger partial charge in [0.1, 0.15) is 0 Å². The molecule has 0 aliphatic carbocycles. The van der Waals surface area contributed by atoms with Crippen molar-refractivity contribution in [3.63, 3.8) is 0 Å². The molecule has 0 N–H and O–H groups in total. The number of halogens is 1. The lowest BCUT2D eigenvalue weighted by molar-refractivity contribution is 0.417. The van der Waals surface area contributed by atoms with E-state index in [1.165, 1.54) is 0 Å². The third-order valence-corrected chi connectivity index (χ3v) is 2.01. The molecule has 5 nitrogen and oxygen atoms in total. The van der Waals surface area contributed by atoms with Crippen molar-refractivity contribution in [1.82, 2.24) is 20.3 Å². The Labute approximate surface area is 91.5 Å². The number of hydrogen-bond acceptors (Lipinski definition) is 5. The molecule has 0 aliphatic heterocycles. The monoisotopic (exact) mass is 224 g/mol. The predicted molar refractivity (Wildman–Crippen MR) is 54.4 cm³/mol. The zero-order valence-electron chi connectivity index (χ0n) is 8.31. The zero-order valence-corrected chi connectivity index (χ0v) is 9.06. The normalized spacial score (nSPS) is 10.9. The molecule has 0 amide bonds. The molecule has 0 aliphatic rings. The van der Waals surface area contributed by atoms with Crippen molar-refractivity contribution in [2.75, 3.05) is 0 Å².